The van der Waals surface area contributed by atoms with Gasteiger partial charge in [0, 0.05) is 11.6 Å². The molecule has 126 valence electrons. The Morgan fingerprint density at radius 1 is 1.00 bits per heavy atom. The predicted octanol–water partition coefficient (Wildman–Crippen LogP) is 5.37. The second kappa shape index (κ2) is 7.61. The number of hydrogen-bond donors (Lipinski definition) is 1. The van der Waals surface area contributed by atoms with Gasteiger partial charge in [0.15, 0.2) is 0 Å². The van der Waals surface area contributed by atoms with E-state index in [0.717, 1.165) is 25.7 Å². The zero-order valence-corrected chi connectivity index (χ0v) is 14.0. The standard InChI is InChI=1S/C21H24FNO/c1-15(21(24)23-20-13-11-19(22)12-14-20)16-7-9-18(10-8-16)17-5-3-2-4-6-17/h2-6,11-16,18H,7-10H2,1H3,(H,23,24)/t15?,16-,18-. The van der Waals surface area contributed by atoms with E-state index in [1.807, 2.05) is 6.92 Å². The molecule has 0 saturated heterocycles. The number of rotatable bonds is 4. The van der Waals surface area contributed by atoms with Gasteiger partial charge < -0.3 is 5.32 Å². The maximum atomic E-state index is 12.9. The van der Waals surface area contributed by atoms with E-state index in [9.17, 15) is 9.18 Å². The van der Waals surface area contributed by atoms with Gasteiger partial charge in [0.2, 0.25) is 5.91 Å². The number of amides is 1. The van der Waals surface area contributed by atoms with Gasteiger partial charge in [-0.2, -0.15) is 0 Å². The van der Waals surface area contributed by atoms with Gasteiger partial charge in [0.1, 0.15) is 5.82 Å². The molecule has 0 spiro atoms. The van der Waals surface area contributed by atoms with Crippen molar-refractivity contribution >= 4 is 11.6 Å². The molecule has 2 aromatic carbocycles. The summed E-state index contributed by atoms with van der Waals surface area (Å²) in [4.78, 5) is 12.4. The van der Waals surface area contributed by atoms with Crippen molar-refractivity contribution in [2.75, 3.05) is 5.32 Å². The second-order valence-electron chi connectivity index (χ2n) is 6.81. The first kappa shape index (κ1) is 16.7. The largest absolute Gasteiger partial charge is 0.326 e. The average molecular weight is 325 g/mol. The van der Waals surface area contributed by atoms with E-state index in [4.69, 9.17) is 0 Å². The minimum Gasteiger partial charge on any atom is -0.326 e. The number of halogens is 1. The van der Waals surface area contributed by atoms with Crippen molar-refractivity contribution in [3.05, 3.63) is 66.0 Å². The number of carbonyl (C=O) groups is 1. The lowest BCUT2D eigenvalue weighted by Gasteiger charge is -2.32. The molecule has 3 heteroatoms. The van der Waals surface area contributed by atoms with Crippen molar-refractivity contribution in [3.63, 3.8) is 0 Å². The minimum atomic E-state index is -0.291. The van der Waals surface area contributed by atoms with E-state index >= 15 is 0 Å². The molecular weight excluding hydrogens is 301 g/mol. The third-order valence-corrected chi connectivity index (χ3v) is 5.28. The van der Waals surface area contributed by atoms with Crippen LogP contribution in [0.15, 0.2) is 54.6 Å². The van der Waals surface area contributed by atoms with Crippen LogP contribution in [0.25, 0.3) is 0 Å². The molecule has 1 aliphatic rings. The van der Waals surface area contributed by atoms with Crippen LogP contribution in [-0.4, -0.2) is 5.91 Å². The van der Waals surface area contributed by atoms with E-state index in [-0.39, 0.29) is 17.6 Å². The molecule has 1 unspecified atom stereocenters. The monoisotopic (exact) mass is 325 g/mol. The smallest absolute Gasteiger partial charge is 0.227 e. The third kappa shape index (κ3) is 4.02. The van der Waals surface area contributed by atoms with E-state index in [1.54, 1.807) is 12.1 Å². The first-order chi connectivity index (χ1) is 11.6. The van der Waals surface area contributed by atoms with Gasteiger partial charge in [-0.15, -0.1) is 0 Å². The Morgan fingerprint density at radius 2 is 1.62 bits per heavy atom. The van der Waals surface area contributed by atoms with Crippen molar-refractivity contribution in [1.29, 1.82) is 0 Å². The SMILES string of the molecule is CC(C(=O)Nc1ccc(F)cc1)[C@H]1CC[C@H](c2ccccc2)CC1. The summed E-state index contributed by atoms with van der Waals surface area (Å²) in [6.07, 6.45) is 4.45. The normalized spacial score (nSPS) is 21.9. The maximum Gasteiger partial charge on any atom is 0.227 e. The minimum absolute atomic E-state index is 0.0215. The maximum absolute atomic E-state index is 12.9. The highest BCUT2D eigenvalue weighted by Gasteiger charge is 2.29. The molecule has 1 saturated carbocycles. The number of nitrogens with one attached hydrogen (secondary N) is 1. The molecular formula is C21H24FNO. The van der Waals surface area contributed by atoms with Crippen molar-refractivity contribution in [2.24, 2.45) is 11.8 Å². The summed E-state index contributed by atoms with van der Waals surface area (Å²) < 4.78 is 12.9. The summed E-state index contributed by atoms with van der Waals surface area (Å²) in [5, 5.41) is 2.90. The Morgan fingerprint density at radius 3 is 2.25 bits per heavy atom. The third-order valence-electron chi connectivity index (χ3n) is 5.28. The van der Waals surface area contributed by atoms with Gasteiger partial charge >= 0.3 is 0 Å². The summed E-state index contributed by atoms with van der Waals surface area (Å²) >= 11 is 0. The van der Waals surface area contributed by atoms with Gasteiger partial charge in [-0.05, 0) is 67.3 Å². The summed E-state index contributed by atoms with van der Waals surface area (Å²) in [5.74, 6) is 0.761. The highest BCUT2D eigenvalue weighted by Crippen LogP contribution is 2.38. The molecule has 1 amide bonds. The zero-order chi connectivity index (χ0) is 16.9. The van der Waals surface area contributed by atoms with Crippen molar-refractivity contribution < 1.29 is 9.18 Å². The Kier molecular flexibility index (Phi) is 5.29. The fraction of sp³-hybridized carbons (Fsp3) is 0.381. The van der Waals surface area contributed by atoms with Crippen LogP contribution in [0.5, 0.6) is 0 Å². The van der Waals surface area contributed by atoms with Crippen LogP contribution in [0.3, 0.4) is 0 Å². The highest BCUT2D eigenvalue weighted by molar-refractivity contribution is 5.92. The fourth-order valence-corrected chi connectivity index (χ4v) is 3.68. The van der Waals surface area contributed by atoms with Crippen LogP contribution in [0.2, 0.25) is 0 Å². The molecule has 2 aromatic rings. The lowest BCUT2D eigenvalue weighted by molar-refractivity contribution is -0.121. The molecule has 0 bridgehead atoms. The van der Waals surface area contributed by atoms with E-state index in [2.05, 4.69) is 35.6 Å². The summed E-state index contributed by atoms with van der Waals surface area (Å²) in [5.41, 5.74) is 2.07. The Bertz CT molecular complexity index is 660. The fourth-order valence-electron chi connectivity index (χ4n) is 3.68. The number of hydrogen-bond acceptors (Lipinski definition) is 1. The van der Waals surface area contributed by atoms with Gasteiger partial charge in [0.05, 0.1) is 0 Å². The topological polar surface area (TPSA) is 29.1 Å². The Labute approximate surface area is 143 Å². The zero-order valence-electron chi connectivity index (χ0n) is 14.0. The Hall–Kier alpha value is -2.16. The highest BCUT2D eigenvalue weighted by atomic mass is 19.1. The van der Waals surface area contributed by atoms with Gasteiger partial charge in [-0.25, -0.2) is 4.39 Å². The van der Waals surface area contributed by atoms with Crippen LogP contribution >= 0.6 is 0 Å². The van der Waals surface area contributed by atoms with Crippen LogP contribution in [0.4, 0.5) is 10.1 Å². The molecule has 24 heavy (non-hydrogen) atoms. The molecule has 0 aromatic heterocycles. The second-order valence-corrected chi connectivity index (χ2v) is 6.81. The number of benzene rings is 2. The van der Waals surface area contributed by atoms with Gasteiger partial charge in [0.25, 0.3) is 0 Å². The number of anilines is 1. The first-order valence-corrected chi connectivity index (χ1v) is 8.75. The molecule has 1 fully saturated rings. The molecule has 2 nitrogen and oxygen atoms in total. The van der Waals surface area contributed by atoms with Gasteiger partial charge in [-0.1, -0.05) is 37.3 Å². The van der Waals surface area contributed by atoms with E-state index in [0.29, 0.717) is 17.5 Å². The van der Waals surface area contributed by atoms with Crippen LogP contribution in [0.1, 0.15) is 44.1 Å². The lowest BCUT2D eigenvalue weighted by atomic mass is 9.74. The molecule has 0 heterocycles. The lowest BCUT2D eigenvalue weighted by Crippen LogP contribution is -2.29. The molecule has 3 rings (SSSR count). The van der Waals surface area contributed by atoms with Crippen molar-refractivity contribution in [1.82, 2.24) is 0 Å². The van der Waals surface area contributed by atoms with Crippen LogP contribution < -0.4 is 5.32 Å². The van der Waals surface area contributed by atoms with Crippen LogP contribution in [0, 0.1) is 17.7 Å². The van der Waals surface area contributed by atoms with Crippen molar-refractivity contribution in [2.45, 2.75) is 38.5 Å². The average Bonchev–Trinajstić information content (AvgIpc) is 2.64. The first-order valence-electron chi connectivity index (χ1n) is 8.75. The molecule has 1 atom stereocenters. The summed E-state index contributed by atoms with van der Waals surface area (Å²) in [7, 11) is 0. The van der Waals surface area contributed by atoms with Crippen LogP contribution in [-0.2, 0) is 4.79 Å². The summed E-state index contributed by atoms with van der Waals surface area (Å²) in [6, 6.07) is 16.6. The Balaban J connectivity index is 1.53. The van der Waals surface area contributed by atoms with Crippen molar-refractivity contribution in [3.8, 4) is 0 Å². The molecule has 1 N–H and O–H groups in total. The molecule has 0 aliphatic heterocycles. The molecule has 1 aliphatic carbocycles. The van der Waals surface area contributed by atoms with E-state index in [1.165, 1.54) is 17.7 Å². The van der Waals surface area contributed by atoms with Gasteiger partial charge in [-0.3, -0.25) is 4.79 Å². The van der Waals surface area contributed by atoms with E-state index < -0.39 is 0 Å². The summed E-state index contributed by atoms with van der Waals surface area (Å²) in [6.45, 7) is 2.01. The predicted molar refractivity (Wildman–Crippen MR) is 95.3 cm³/mol. The molecule has 0 radical (unpaired) electrons. The quantitative estimate of drug-likeness (QED) is 0.804. The number of carbonyl (C=O) groups excluding carboxylic acids is 1.